The zero-order valence-corrected chi connectivity index (χ0v) is 10.4. The van der Waals surface area contributed by atoms with Crippen LogP contribution in [0.1, 0.15) is 13.3 Å². The molecule has 0 saturated carbocycles. The van der Waals surface area contributed by atoms with Crippen LogP contribution in [-0.4, -0.2) is 30.8 Å². The van der Waals surface area contributed by atoms with E-state index in [1.165, 1.54) is 12.1 Å². The van der Waals surface area contributed by atoms with E-state index in [9.17, 15) is 9.18 Å². The van der Waals surface area contributed by atoms with Gasteiger partial charge in [0.2, 0.25) is 5.91 Å². The summed E-state index contributed by atoms with van der Waals surface area (Å²) in [5, 5.41) is 11.4. The van der Waals surface area contributed by atoms with Gasteiger partial charge in [0.25, 0.3) is 0 Å². The number of nitrogens with one attached hydrogen (secondary N) is 1. The van der Waals surface area contributed by atoms with Gasteiger partial charge >= 0.3 is 0 Å². The number of carbonyl (C=O) groups is 1. The Hall–Kier alpha value is -1.62. The highest BCUT2D eigenvalue weighted by atomic mass is 19.1. The van der Waals surface area contributed by atoms with Gasteiger partial charge in [0.1, 0.15) is 0 Å². The Balaban J connectivity index is 2.22. The summed E-state index contributed by atoms with van der Waals surface area (Å²) >= 11 is 0. The molecule has 0 aliphatic heterocycles. The lowest BCUT2D eigenvalue weighted by atomic mass is 10.2. The van der Waals surface area contributed by atoms with Gasteiger partial charge in [-0.3, -0.25) is 4.79 Å². The number of amides is 1. The summed E-state index contributed by atoms with van der Waals surface area (Å²) < 4.78 is 18.3. The molecule has 0 bridgehead atoms. The van der Waals surface area contributed by atoms with Gasteiger partial charge in [-0.2, -0.15) is 0 Å². The van der Waals surface area contributed by atoms with Crippen LogP contribution in [0.3, 0.4) is 0 Å². The number of halogens is 1. The standard InChI is InChI=1S/C13H18FNO3/c1-10(9-16)8-15-13(17)6-7-18-12-5-3-2-4-11(12)14/h2-5,10,16H,6-9H2,1H3,(H,15,17). The molecule has 1 atom stereocenters. The molecule has 1 rings (SSSR count). The SMILES string of the molecule is CC(CO)CNC(=O)CCOc1ccccc1F. The predicted molar refractivity (Wildman–Crippen MR) is 65.8 cm³/mol. The number of rotatable bonds is 7. The number of benzene rings is 1. The summed E-state index contributed by atoms with van der Waals surface area (Å²) in [5.41, 5.74) is 0. The van der Waals surface area contributed by atoms with Gasteiger partial charge in [-0.05, 0) is 18.1 Å². The van der Waals surface area contributed by atoms with Crippen molar-refractivity contribution in [1.82, 2.24) is 5.32 Å². The molecule has 0 saturated heterocycles. The van der Waals surface area contributed by atoms with Crippen molar-refractivity contribution in [3.05, 3.63) is 30.1 Å². The Morgan fingerprint density at radius 2 is 2.22 bits per heavy atom. The molecule has 1 aromatic rings. The van der Waals surface area contributed by atoms with Crippen molar-refractivity contribution >= 4 is 5.91 Å². The number of para-hydroxylation sites is 1. The minimum atomic E-state index is -0.438. The summed E-state index contributed by atoms with van der Waals surface area (Å²) in [6, 6.07) is 6.06. The molecule has 1 unspecified atom stereocenters. The van der Waals surface area contributed by atoms with Crippen LogP contribution in [0.2, 0.25) is 0 Å². The average Bonchev–Trinajstić information content (AvgIpc) is 2.38. The maximum Gasteiger partial charge on any atom is 0.223 e. The lowest BCUT2D eigenvalue weighted by Crippen LogP contribution is -2.30. The summed E-state index contributed by atoms with van der Waals surface area (Å²) in [6.45, 7) is 2.41. The fourth-order valence-corrected chi connectivity index (χ4v) is 1.26. The van der Waals surface area contributed by atoms with E-state index >= 15 is 0 Å². The van der Waals surface area contributed by atoms with Gasteiger partial charge in [-0.15, -0.1) is 0 Å². The van der Waals surface area contributed by atoms with Crippen LogP contribution in [0.25, 0.3) is 0 Å². The second-order valence-corrected chi connectivity index (χ2v) is 4.12. The van der Waals surface area contributed by atoms with Gasteiger partial charge in [0, 0.05) is 13.2 Å². The Labute approximate surface area is 106 Å². The zero-order valence-electron chi connectivity index (χ0n) is 10.4. The summed E-state index contributed by atoms with van der Waals surface area (Å²) in [6.07, 6.45) is 0.159. The van der Waals surface area contributed by atoms with Crippen LogP contribution in [-0.2, 0) is 4.79 Å². The van der Waals surface area contributed by atoms with Gasteiger partial charge in [0.15, 0.2) is 11.6 Å². The molecule has 18 heavy (non-hydrogen) atoms. The zero-order chi connectivity index (χ0) is 13.4. The summed E-state index contributed by atoms with van der Waals surface area (Å²) in [5.74, 6) is -0.436. The molecule has 100 valence electrons. The molecule has 0 fully saturated rings. The van der Waals surface area contributed by atoms with E-state index in [2.05, 4.69) is 5.32 Å². The molecular formula is C13H18FNO3. The Morgan fingerprint density at radius 1 is 1.50 bits per heavy atom. The van der Waals surface area contributed by atoms with Crippen molar-refractivity contribution in [2.75, 3.05) is 19.8 Å². The molecule has 0 heterocycles. The van der Waals surface area contributed by atoms with Gasteiger partial charge in [0.05, 0.1) is 13.0 Å². The minimum absolute atomic E-state index is 0.0291. The molecule has 5 heteroatoms. The van der Waals surface area contributed by atoms with Crippen molar-refractivity contribution < 1.29 is 19.0 Å². The summed E-state index contributed by atoms with van der Waals surface area (Å²) in [4.78, 5) is 11.4. The highest BCUT2D eigenvalue weighted by molar-refractivity contribution is 5.75. The monoisotopic (exact) mass is 255 g/mol. The number of aliphatic hydroxyl groups is 1. The predicted octanol–water partition coefficient (Wildman–Crippen LogP) is 1.34. The third-order valence-corrected chi connectivity index (χ3v) is 2.38. The first-order valence-corrected chi connectivity index (χ1v) is 5.88. The largest absolute Gasteiger partial charge is 0.490 e. The van der Waals surface area contributed by atoms with Gasteiger partial charge < -0.3 is 15.2 Å². The van der Waals surface area contributed by atoms with Crippen molar-refractivity contribution in [2.24, 2.45) is 5.92 Å². The molecule has 4 nitrogen and oxygen atoms in total. The molecule has 0 aliphatic carbocycles. The van der Waals surface area contributed by atoms with E-state index in [1.54, 1.807) is 12.1 Å². The van der Waals surface area contributed by atoms with E-state index < -0.39 is 5.82 Å². The van der Waals surface area contributed by atoms with E-state index in [1.807, 2.05) is 6.92 Å². The molecular weight excluding hydrogens is 237 g/mol. The number of hydrogen-bond donors (Lipinski definition) is 2. The quantitative estimate of drug-likeness (QED) is 0.773. The van der Waals surface area contributed by atoms with Crippen LogP contribution in [0, 0.1) is 11.7 Å². The molecule has 1 aromatic carbocycles. The molecule has 0 aliphatic rings. The Bertz CT molecular complexity index is 384. The molecule has 0 radical (unpaired) electrons. The average molecular weight is 255 g/mol. The van der Waals surface area contributed by atoms with Gasteiger partial charge in [-0.1, -0.05) is 19.1 Å². The number of carbonyl (C=O) groups excluding carboxylic acids is 1. The van der Waals surface area contributed by atoms with Crippen molar-refractivity contribution in [3.63, 3.8) is 0 Å². The number of hydrogen-bond acceptors (Lipinski definition) is 3. The third kappa shape index (κ3) is 5.14. The second-order valence-electron chi connectivity index (χ2n) is 4.12. The lowest BCUT2D eigenvalue weighted by Gasteiger charge is -2.10. The lowest BCUT2D eigenvalue weighted by molar-refractivity contribution is -0.121. The van der Waals surface area contributed by atoms with Crippen molar-refractivity contribution in [1.29, 1.82) is 0 Å². The normalized spacial score (nSPS) is 11.9. The van der Waals surface area contributed by atoms with Crippen LogP contribution < -0.4 is 10.1 Å². The Morgan fingerprint density at radius 3 is 2.89 bits per heavy atom. The summed E-state index contributed by atoms with van der Waals surface area (Å²) in [7, 11) is 0. The maximum absolute atomic E-state index is 13.2. The molecule has 1 amide bonds. The van der Waals surface area contributed by atoms with Crippen LogP contribution in [0.4, 0.5) is 4.39 Å². The topological polar surface area (TPSA) is 58.6 Å². The third-order valence-electron chi connectivity index (χ3n) is 2.38. The highest BCUT2D eigenvalue weighted by Gasteiger charge is 2.06. The number of aliphatic hydroxyl groups excluding tert-OH is 1. The highest BCUT2D eigenvalue weighted by Crippen LogP contribution is 2.15. The van der Waals surface area contributed by atoms with Crippen molar-refractivity contribution in [3.8, 4) is 5.75 Å². The molecule has 0 aromatic heterocycles. The van der Waals surface area contributed by atoms with Crippen molar-refractivity contribution in [2.45, 2.75) is 13.3 Å². The second kappa shape index (κ2) is 7.66. The number of ether oxygens (including phenoxy) is 1. The van der Waals surface area contributed by atoms with Gasteiger partial charge in [-0.25, -0.2) is 4.39 Å². The molecule has 0 spiro atoms. The van der Waals surface area contributed by atoms with E-state index in [-0.39, 0.29) is 37.2 Å². The maximum atomic E-state index is 13.2. The first-order valence-electron chi connectivity index (χ1n) is 5.88. The van der Waals surface area contributed by atoms with E-state index in [0.29, 0.717) is 6.54 Å². The van der Waals surface area contributed by atoms with Crippen LogP contribution in [0.5, 0.6) is 5.75 Å². The minimum Gasteiger partial charge on any atom is -0.490 e. The van der Waals surface area contributed by atoms with E-state index in [0.717, 1.165) is 0 Å². The van der Waals surface area contributed by atoms with Crippen LogP contribution in [0.15, 0.2) is 24.3 Å². The fraction of sp³-hybridized carbons (Fsp3) is 0.462. The Kier molecular flexibility index (Phi) is 6.14. The fourth-order valence-electron chi connectivity index (χ4n) is 1.26. The smallest absolute Gasteiger partial charge is 0.223 e. The first-order chi connectivity index (χ1) is 8.63. The molecule has 2 N–H and O–H groups in total. The van der Waals surface area contributed by atoms with E-state index in [4.69, 9.17) is 9.84 Å². The first kappa shape index (κ1) is 14.4. The van der Waals surface area contributed by atoms with Crippen LogP contribution >= 0.6 is 0 Å².